The molecule has 0 saturated carbocycles. The predicted octanol–water partition coefficient (Wildman–Crippen LogP) is 8.61. The standard InChI is InChI=1S/C34H43N3O/c1-4-7-24-37-32(27-36(23-6-3)26-28-19-21-31(22-20-28)38-25-8-5-2)33(29-15-11-9-12-16-29)35-34(37)30-17-13-10-14-18-30/h9-22H,4-8,23-27H2,1-3H3. The first kappa shape index (κ1) is 27.7. The highest BCUT2D eigenvalue weighted by Gasteiger charge is 2.21. The molecule has 0 amide bonds. The Morgan fingerprint density at radius 3 is 2.00 bits per heavy atom. The molecule has 4 nitrogen and oxygen atoms in total. The number of nitrogens with zero attached hydrogens (tertiary/aromatic N) is 3. The molecule has 0 aliphatic carbocycles. The number of ether oxygens (including phenoxy) is 1. The lowest BCUT2D eigenvalue weighted by atomic mass is 10.1. The Hall–Kier alpha value is -3.37. The molecule has 1 heterocycles. The normalized spacial score (nSPS) is 11.3. The van der Waals surface area contributed by atoms with Gasteiger partial charge in [-0.25, -0.2) is 4.98 Å². The molecule has 0 unspecified atom stereocenters. The lowest BCUT2D eigenvalue weighted by molar-refractivity contribution is 0.250. The first-order valence-electron chi connectivity index (χ1n) is 14.4. The fourth-order valence-corrected chi connectivity index (χ4v) is 4.86. The van der Waals surface area contributed by atoms with Gasteiger partial charge in [0.25, 0.3) is 0 Å². The number of benzene rings is 3. The second-order valence-electron chi connectivity index (χ2n) is 10.0. The largest absolute Gasteiger partial charge is 0.494 e. The molecule has 0 bridgehead atoms. The van der Waals surface area contributed by atoms with E-state index in [1.54, 1.807) is 0 Å². The number of rotatable bonds is 15. The van der Waals surface area contributed by atoms with Crippen molar-refractivity contribution in [1.82, 2.24) is 14.5 Å². The minimum absolute atomic E-state index is 0.783. The van der Waals surface area contributed by atoms with E-state index in [2.05, 4.69) is 115 Å². The molecule has 0 radical (unpaired) electrons. The van der Waals surface area contributed by atoms with Crippen molar-refractivity contribution in [3.8, 4) is 28.4 Å². The molecular formula is C34H43N3O. The van der Waals surface area contributed by atoms with Gasteiger partial charge < -0.3 is 9.30 Å². The van der Waals surface area contributed by atoms with Gasteiger partial charge in [-0.1, -0.05) is 106 Å². The number of aromatic nitrogens is 2. The van der Waals surface area contributed by atoms with Gasteiger partial charge in [0.15, 0.2) is 0 Å². The fourth-order valence-electron chi connectivity index (χ4n) is 4.86. The summed E-state index contributed by atoms with van der Waals surface area (Å²) in [4.78, 5) is 7.85. The first-order chi connectivity index (χ1) is 18.7. The van der Waals surface area contributed by atoms with Gasteiger partial charge in [-0.15, -0.1) is 0 Å². The summed E-state index contributed by atoms with van der Waals surface area (Å²) in [5, 5.41) is 0. The lowest BCUT2D eigenvalue weighted by Crippen LogP contribution is -2.25. The fraction of sp³-hybridized carbons (Fsp3) is 0.382. The zero-order valence-electron chi connectivity index (χ0n) is 23.4. The molecule has 3 aromatic carbocycles. The van der Waals surface area contributed by atoms with E-state index in [-0.39, 0.29) is 0 Å². The molecule has 0 aliphatic heterocycles. The van der Waals surface area contributed by atoms with Gasteiger partial charge in [-0.3, -0.25) is 4.90 Å². The summed E-state index contributed by atoms with van der Waals surface area (Å²) >= 11 is 0. The Bertz CT molecular complexity index is 1220. The van der Waals surface area contributed by atoms with Crippen molar-refractivity contribution in [2.45, 2.75) is 72.5 Å². The number of imidazole rings is 1. The smallest absolute Gasteiger partial charge is 0.140 e. The van der Waals surface area contributed by atoms with Gasteiger partial charge in [-0.2, -0.15) is 0 Å². The van der Waals surface area contributed by atoms with E-state index in [9.17, 15) is 0 Å². The van der Waals surface area contributed by atoms with Crippen LogP contribution in [0.3, 0.4) is 0 Å². The van der Waals surface area contributed by atoms with Crippen LogP contribution in [0.15, 0.2) is 84.9 Å². The van der Waals surface area contributed by atoms with E-state index in [4.69, 9.17) is 9.72 Å². The predicted molar refractivity (Wildman–Crippen MR) is 159 cm³/mol. The van der Waals surface area contributed by atoms with Crippen LogP contribution < -0.4 is 4.74 Å². The zero-order valence-corrected chi connectivity index (χ0v) is 23.4. The van der Waals surface area contributed by atoms with Crippen LogP contribution in [0.2, 0.25) is 0 Å². The van der Waals surface area contributed by atoms with Crippen LogP contribution in [0.4, 0.5) is 0 Å². The topological polar surface area (TPSA) is 30.3 Å². The minimum Gasteiger partial charge on any atom is -0.494 e. The van der Waals surface area contributed by atoms with Crippen molar-refractivity contribution in [3.63, 3.8) is 0 Å². The van der Waals surface area contributed by atoms with Gasteiger partial charge in [0.05, 0.1) is 18.0 Å². The summed E-state index contributed by atoms with van der Waals surface area (Å²) in [7, 11) is 0. The molecule has 4 heteroatoms. The van der Waals surface area contributed by atoms with Crippen molar-refractivity contribution < 1.29 is 4.74 Å². The maximum absolute atomic E-state index is 5.89. The number of hydrogen-bond donors (Lipinski definition) is 0. The van der Waals surface area contributed by atoms with Crippen LogP contribution >= 0.6 is 0 Å². The third-order valence-electron chi connectivity index (χ3n) is 6.90. The average molecular weight is 510 g/mol. The van der Waals surface area contributed by atoms with E-state index in [0.717, 1.165) is 82.2 Å². The van der Waals surface area contributed by atoms with Gasteiger partial charge in [0.2, 0.25) is 0 Å². The van der Waals surface area contributed by atoms with E-state index in [1.165, 1.54) is 22.4 Å². The average Bonchev–Trinajstić information content (AvgIpc) is 3.31. The summed E-state index contributed by atoms with van der Waals surface area (Å²) in [5.41, 5.74) is 6.07. The molecule has 0 fully saturated rings. The van der Waals surface area contributed by atoms with Crippen molar-refractivity contribution in [1.29, 1.82) is 0 Å². The molecule has 4 aromatic rings. The summed E-state index contributed by atoms with van der Waals surface area (Å²) in [6.45, 7) is 11.3. The molecule has 1 aromatic heterocycles. The second kappa shape index (κ2) is 14.5. The Kier molecular flexibility index (Phi) is 10.6. The first-order valence-corrected chi connectivity index (χ1v) is 14.4. The maximum atomic E-state index is 5.89. The Morgan fingerprint density at radius 2 is 1.37 bits per heavy atom. The van der Waals surface area contributed by atoms with Crippen LogP contribution in [-0.2, 0) is 19.6 Å². The number of hydrogen-bond acceptors (Lipinski definition) is 3. The quantitative estimate of drug-likeness (QED) is 0.150. The molecule has 200 valence electrons. The molecule has 0 aliphatic rings. The zero-order chi connectivity index (χ0) is 26.6. The third-order valence-corrected chi connectivity index (χ3v) is 6.90. The SMILES string of the molecule is CCCCOc1ccc(CN(CCC)Cc2c(-c3ccccc3)nc(-c3ccccc3)n2CCCC)cc1. The molecular weight excluding hydrogens is 466 g/mol. The van der Waals surface area contributed by atoms with Crippen molar-refractivity contribution >= 4 is 0 Å². The van der Waals surface area contributed by atoms with Crippen LogP contribution in [0.1, 0.15) is 64.1 Å². The Morgan fingerprint density at radius 1 is 0.711 bits per heavy atom. The third kappa shape index (κ3) is 7.35. The van der Waals surface area contributed by atoms with E-state index < -0.39 is 0 Å². The molecule has 38 heavy (non-hydrogen) atoms. The van der Waals surface area contributed by atoms with Gasteiger partial charge in [0, 0.05) is 30.8 Å². The molecule has 0 N–H and O–H groups in total. The van der Waals surface area contributed by atoms with Crippen LogP contribution in [-0.4, -0.2) is 27.6 Å². The maximum Gasteiger partial charge on any atom is 0.140 e. The molecule has 4 rings (SSSR count). The molecule has 0 spiro atoms. The second-order valence-corrected chi connectivity index (χ2v) is 10.0. The van der Waals surface area contributed by atoms with Crippen molar-refractivity contribution in [3.05, 3.63) is 96.2 Å². The highest BCUT2D eigenvalue weighted by molar-refractivity contribution is 5.68. The number of unbranched alkanes of at least 4 members (excludes halogenated alkanes) is 2. The van der Waals surface area contributed by atoms with Gasteiger partial charge in [-0.05, 0) is 43.5 Å². The lowest BCUT2D eigenvalue weighted by Gasteiger charge is -2.24. The summed E-state index contributed by atoms with van der Waals surface area (Å²) in [5.74, 6) is 2.03. The highest BCUT2D eigenvalue weighted by Crippen LogP contribution is 2.31. The highest BCUT2D eigenvalue weighted by atomic mass is 16.5. The van der Waals surface area contributed by atoms with E-state index >= 15 is 0 Å². The van der Waals surface area contributed by atoms with E-state index in [1.807, 2.05) is 0 Å². The minimum atomic E-state index is 0.783. The summed E-state index contributed by atoms with van der Waals surface area (Å²) in [6.07, 6.45) is 5.62. The van der Waals surface area contributed by atoms with Gasteiger partial charge >= 0.3 is 0 Å². The molecule has 0 atom stereocenters. The Labute approximate surface area is 229 Å². The molecule has 0 saturated heterocycles. The summed E-state index contributed by atoms with van der Waals surface area (Å²) < 4.78 is 8.37. The monoisotopic (exact) mass is 509 g/mol. The Balaban J connectivity index is 1.67. The van der Waals surface area contributed by atoms with Crippen LogP contribution in [0, 0.1) is 0 Å². The van der Waals surface area contributed by atoms with Crippen LogP contribution in [0.25, 0.3) is 22.6 Å². The van der Waals surface area contributed by atoms with Crippen molar-refractivity contribution in [2.24, 2.45) is 0 Å². The van der Waals surface area contributed by atoms with E-state index in [0.29, 0.717) is 0 Å². The van der Waals surface area contributed by atoms with Crippen LogP contribution in [0.5, 0.6) is 5.75 Å². The summed E-state index contributed by atoms with van der Waals surface area (Å²) in [6, 6.07) is 30.0. The van der Waals surface area contributed by atoms with Gasteiger partial charge in [0.1, 0.15) is 11.6 Å². The van der Waals surface area contributed by atoms with Crippen molar-refractivity contribution in [2.75, 3.05) is 13.2 Å².